The van der Waals surface area contributed by atoms with Crippen LogP contribution in [0.25, 0.3) is 23.6 Å². The molecule has 152 valence electrons. The zero-order valence-corrected chi connectivity index (χ0v) is 18.5. The van der Waals surface area contributed by atoms with Crippen LogP contribution in [0.5, 0.6) is 11.5 Å². The van der Waals surface area contributed by atoms with Crippen molar-refractivity contribution >= 4 is 55.4 Å². The van der Waals surface area contributed by atoms with E-state index in [1.54, 1.807) is 0 Å². The number of fused-ring (bicyclic) bond motifs is 1. The van der Waals surface area contributed by atoms with Crippen molar-refractivity contribution in [3.05, 3.63) is 26.2 Å². The number of hydrogen-bond donors (Lipinski definition) is 2. The molecule has 0 saturated carbocycles. The minimum atomic E-state index is -0.488. The van der Waals surface area contributed by atoms with Gasteiger partial charge in [-0.1, -0.05) is 22.4 Å². The lowest BCUT2D eigenvalue weighted by Gasteiger charge is -2.26. The van der Waals surface area contributed by atoms with Gasteiger partial charge in [-0.15, -0.1) is 0 Å². The van der Waals surface area contributed by atoms with E-state index in [0.717, 1.165) is 37.2 Å². The number of halogens is 4. The Hall–Kier alpha value is -1.25. The summed E-state index contributed by atoms with van der Waals surface area (Å²) >= 11 is 6.86. The van der Waals surface area contributed by atoms with Gasteiger partial charge in [-0.25, -0.2) is 13.8 Å². The van der Waals surface area contributed by atoms with Gasteiger partial charge in [0.05, 0.1) is 28.5 Å². The third-order valence-corrected chi connectivity index (χ3v) is 6.54. The lowest BCUT2D eigenvalue weighted by Crippen LogP contribution is -2.30. The molecule has 1 aliphatic heterocycles. The van der Waals surface area contributed by atoms with Crippen LogP contribution in [-0.4, -0.2) is 39.7 Å². The first-order chi connectivity index (χ1) is 13.5. The normalized spacial score (nSPS) is 17.0. The summed E-state index contributed by atoms with van der Waals surface area (Å²) in [5, 5.41) is 21.1. The van der Waals surface area contributed by atoms with Gasteiger partial charge in [0.1, 0.15) is 15.9 Å². The highest BCUT2D eigenvalue weighted by atomic mass is 79.9. The first-order valence-electron chi connectivity index (χ1n) is 9.27. The Kier molecular flexibility index (Phi) is 7.28. The molecule has 0 atom stereocenters. The predicted octanol–water partition coefficient (Wildman–Crippen LogP) is 4.14. The molecule has 2 aromatic rings. The van der Waals surface area contributed by atoms with Crippen molar-refractivity contribution in [3.8, 4) is 11.5 Å². The third-order valence-electron chi connectivity index (χ3n) is 5.33. The summed E-state index contributed by atoms with van der Waals surface area (Å²) in [6.45, 7) is 3.11. The second-order valence-corrected chi connectivity index (χ2v) is 8.28. The number of aryl methyl sites for hydroxylation is 1. The lowest BCUT2D eigenvalue weighted by atomic mass is 9.97. The van der Waals surface area contributed by atoms with Gasteiger partial charge in [-0.2, -0.15) is 0 Å². The highest BCUT2D eigenvalue weighted by molar-refractivity contribution is 9.10. The molecule has 1 aliphatic rings. The fourth-order valence-corrected chi connectivity index (χ4v) is 5.42. The van der Waals surface area contributed by atoms with Gasteiger partial charge in [0.2, 0.25) is 0 Å². The first-order valence-corrected chi connectivity index (χ1v) is 11.2. The van der Waals surface area contributed by atoms with Gasteiger partial charge in [0.15, 0.2) is 5.75 Å². The second kappa shape index (κ2) is 9.50. The largest absolute Gasteiger partial charge is 0.506 e. The molecule has 0 aliphatic carbocycles. The van der Waals surface area contributed by atoms with E-state index in [0.29, 0.717) is 16.4 Å². The summed E-state index contributed by atoms with van der Waals surface area (Å²) in [6.07, 6.45) is 5.34. The van der Waals surface area contributed by atoms with Crippen LogP contribution in [0.3, 0.4) is 0 Å². The van der Waals surface area contributed by atoms with Gasteiger partial charge in [-0.3, -0.25) is 0 Å². The molecule has 4 nitrogen and oxygen atoms in total. The molecule has 0 spiro atoms. The molecule has 2 N–H and O–H groups in total. The Labute approximate surface area is 178 Å². The molecule has 1 aromatic carbocycles. The summed E-state index contributed by atoms with van der Waals surface area (Å²) < 4.78 is 27.2. The van der Waals surface area contributed by atoms with Gasteiger partial charge >= 0.3 is 0 Å². The van der Waals surface area contributed by atoms with Crippen molar-refractivity contribution in [2.45, 2.75) is 37.4 Å². The topological polar surface area (TPSA) is 56.6 Å². The molecule has 0 bridgehead atoms. The van der Waals surface area contributed by atoms with Gasteiger partial charge in [-0.05, 0) is 72.4 Å². The molecule has 1 fully saturated rings. The highest BCUT2D eigenvalue weighted by Gasteiger charge is 2.21. The minimum Gasteiger partial charge on any atom is -0.506 e. The Morgan fingerprint density at radius 2 is 1.64 bits per heavy atom. The summed E-state index contributed by atoms with van der Waals surface area (Å²) in [6, 6.07) is 0. The fourth-order valence-electron chi connectivity index (χ4n) is 3.88. The van der Waals surface area contributed by atoms with E-state index in [1.165, 1.54) is 19.3 Å². The molecule has 28 heavy (non-hydrogen) atoms. The standard InChI is InChI=1S/C20H22Br2F2N2O2/c21-9-13-12(5-4-8-26-6-2-1-3-7-26)16-17(25-20(13)22)19(28)15(11-24)14(10-23)18(16)27/h10-11,27-28H,1-9H2. The number of likely N-dealkylation sites (tertiary alicyclic amines) is 1. The molecule has 0 unspecified atom stereocenters. The van der Waals surface area contributed by atoms with Crippen LogP contribution in [0.2, 0.25) is 0 Å². The summed E-state index contributed by atoms with van der Waals surface area (Å²) in [5.41, 5.74) is 1.64. The van der Waals surface area contributed by atoms with Gasteiger partial charge in [0.25, 0.3) is 0 Å². The molecule has 1 aromatic heterocycles. The molecular weight excluding hydrogens is 498 g/mol. The monoisotopic (exact) mass is 518 g/mol. The maximum atomic E-state index is 13.4. The lowest BCUT2D eigenvalue weighted by molar-refractivity contribution is 0.226. The van der Waals surface area contributed by atoms with E-state index in [9.17, 15) is 19.0 Å². The van der Waals surface area contributed by atoms with Crippen LogP contribution in [0, 0.1) is 0 Å². The van der Waals surface area contributed by atoms with Crippen LogP contribution in [0.4, 0.5) is 8.78 Å². The number of phenolic OH excluding ortho intramolecular Hbond substituents is 2. The third kappa shape index (κ3) is 4.04. The van der Waals surface area contributed by atoms with Crippen LogP contribution in [-0.2, 0) is 11.8 Å². The number of aromatic nitrogens is 1. The zero-order valence-electron chi connectivity index (χ0n) is 15.3. The number of piperidine rings is 1. The minimum absolute atomic E-state index is 0.0524. The number of benzene rings is 1. The average molecular weight is 520 g/mol. The molecular formula is C20H22Br2F2N2O2. The fraction of sp³-hybridized carbons (Fsp3) is 0.450. The Balaban J connectivity index is 2.12. The van der Waals surface area contributed by atoms with Crippen molar-refractivity contribution in [1.29, 1.82) is 0 Å². The molecule has 2 heterocycles. The van der Waals surface area contributed by atoms with E-state index >= 15 is 0 Å². The summed E-state index contributed by atoms with van der Waals surface area (Å²) in [4.78, 5) is 6.71. The van der Waals surface area contributed by atoms with Gasteiger partial charge < -0.3 is 15.1 Å². The van der Waals surface area contributed by atoms with Crippen LogP contribution < -0.4 is 10.4 Å². The number of rotatable bonds is 5. The van der Waals surface area contributed by atoms with Crippen LogP contribution in [0.15, 0.2) is 4.60 Å². The Bertz CT molecular complexity index is 993. The predicted molar refractivity (Wildman–Crippen MR) is 114 cm³/mol. The van der Waals surface area contributed by atoms with E-state index in [4.69, 9.17) is 0 Å². The number of nitrogens with zero attached hydrogens (tertiary/aromatic N) is 2. The van der Waals surface area contributed by atoms with Crippen molar-refractivity contribution in [1.82, 2.24) is 9.88 Å². The summed E-state index contributed by atoms with van der Waals surface area (Å²) in [5.74, 6) is -0.896. The molecule has 0 radical (unpaired) electrons. The molecule has 1 saturated heterocycles. The van der Waals surface area contributed by atoms with E-state index in [1.807, 2.05) is 0 Å². The van der Waals surface area contributed by atoms with Crippen LogP contribution in [0.1, 0.15) is 36.8 Å². The average Bonchev–Trinajstić information content (AvgIpc) is 2.70. The Morgan fingerprint density at radius 1 is 1.00 bits per heavy atom. The number of pyridine rings is 1. The maximum absolute atomic E-state index is 13.4. The number of alkyl halides is 1. The van der Waals surface area contributed by atoms with E-state index in [-0.39, 0.29) is 28.8 Å². The van der Waals surface area contributed by atoms with E-state index in [2.05, 4.69) is 41.7 Å². The summed E-state index contributed by atoms with van der Waals surface area (Å²) in [7, 11) is 0. The van der Waals surface area contributed by atoms with Crippen molar-refractivity contribution in [3.63, 3.8) is 0 Å². The Morgan fingerprint density at radius 3 is 2.25 bits per heavy atom. The first kappa shape index (κ1) is 21.5. The van der Waals surface area contributed by atoms with Gasteiger partial charge in [0, 0.05) is 5.33 Å². The van der Waals surface area contributed by atoms with E-state index < -0.39 is 16.7 Å². The van der Waals surface area contributed by atoms with Crippen LogP contribution >= 0.6 is 31.9 Å². The van der Waals surface area contributed by atoms with Crippen molar-refractivity contribution in [2.75, 3.05) is 19.6 Å². The zero-order chi connectivity index (χ0) is 20.3. The molecule has 0 amide bonds. The maximum Gasteiger partial charge on any atom is 0.152 e. The highest BCUT2D eigenvalue weighted by Crippen LogP contribution is 2.35. The smallest absolute Gasteiger partial charge is 0.152 e. The quantitative estimate of drug-likeness (QED) is 0.354. The van der Waals surface area contributed by atoms with Crippen molar-refractivity contribution < 1.29 is 19.0 Å². The second-order valence-electron chi connectivity index (χ2n) is 6.97. The number of hydrogen-bond acceptors (Lipinski definition) is 4. The van der Waals surface area contributed by atoms with Crippen molar-refractivity contribution in [2.24, 2.45) is 0 Å². The molecule has 8 heteroatoms. The number of phenols is 2. The number of aromatic hydroxyl groups is 2. The SMILES string of the molecule is Oc1c(=CF)c(=CF)c(O)c2c(CCCN3CCCCC3)c(CBr)c(Br)nc12. The molecule has 3 rings (SSSR count).